The summed E-state index contributed by atoms with van der Waals surface area (Å²) in [4.78, 5) is 38.4. The van der Waals surface area contributed by atoms with Gasteiger partial charge in [0.2, 0.25) is 0 Å². The van der Waals surface area contributed by atoms with Crippen molar-refractivity contribution in [3.05, 3.63) is 158 Å². The fourth-order valence-corrected chi connectivity index (χ4v) is 8.64. The van der Waals surface area contributed by atoms with Crippen LogP contribution >= 0.6 is 0 Å². The first-order valence-electron chi connectivity index (χ1n) is 33.0. The monoisotopic (exact) mass is 1120 g/mol. The van der Waals surface area contributed by atoms with Gasteiger partial charge in [0.05, 0.1) is 0 Å². The van der Waals surface area contributed by atoms with E-state index >= 15 is 0 Å². The molecule has 0 fully saturated rings. The van der Waals surface area contributed by atoms with E-state index in [1.54, 1.807) is 0 Å². The summed E-state index contributed by atoms with van der Waals surface area (Å²) in [5.74, 6) is -1.02. The highest BCUT2D eigenvalue weighted by molar-refractivity contribution is 5.71. The first-order valence-corrected chi connectivity index (χ1v) is 33.0. The highest BCUT2D eigenvalue weighted by atomic mass is 16.6. The fraction of sp³-hybridized carbons (Fsp3) is 0.613. The van der Waals surface area contributed by atoms with Gasteiger partial charge < -0.3 is 14.2 Å². The van der Waals surface area contributed by atoms with Gasteiger partial charge >= 0.3 is 17.9 Å². The Hall–Kier alpha value is -4.97. The maximum Gasteiger partial charge on any atom is 0.306 e. The molecule has 1 unspecified atom stereocenters. The van der Waals surface area contributed by atoms with Crippen molar-refractivity contribution in [2.45, 2.75) is 284 Å². The minimum atomic E-state index is -0.826. The number of carbonyl (C=O) groups excluding carboxylic acids is 3. The van der Waals surface area contributed by atoms with E-state index in [2.05, 4.69) is 173 Å². The van der Waals surface area contributed by atoms with Gasteiger partial charge in [0, 0.05) is 19.3 Å². The molecule has 456 valence electrons. The minimum Gasteiger partial charge on any atom is -0.462 e. The van der Waals surface area contributed by atoms with E-state index in [0.717, 1.165) is 122 Å². The van der Waals surface area contributed by atoms with Crippen LogP contribution in [0.15, 0.2) is 158 Å². The summed E-state index contributed by atoms with van der Waals surface area (Å²) >= 11 is 0. The molecule has 0 saturated carbocycles. The second kappa shape index (κ2) is 67.5. The molecular formula is C75H120O6. The lowest BCUT2D eigenvalue weighted by molar-refractivity contribution is -0.166. The second-order valence-corrected chi connectivity index (χ2v) is 21.3. The van der Waals surface area contributed by atoms with Gasteiger partial charge in [-0.1, -0.05) is 281 Å². The van der Waals surface area contributed by atoms with Crippen LogP contribution in [0.1, 0.15) is 278 Å². The lowest BCUT2D eigenvalue weighted by atomic mass is 10.1. The minimum absolute atomic E-state index is 0.115. The van der Waals surface area contributed by atoms with Gasteiger partial charge in [-0.05, 0) is 135 Å². The number of esters is 3. The maximum atomic E-state index is 12.9. The first kappa shape index (κ1) is 76.0. The number of hydrogen-bond donors (Lipinski definition) is 0. The van der Waals surface area contributed by atoms with Crippen LogP contribution < -0.4 is 0 Å². The zero-order valence-electron chi connectivity index (χ0n) is 52.2. The van der Waals surface area contributed by atoms with Crippen LogP contribution in [0.5, 0.6) is 0 Å². The van der Waals surface area contributed by atoms with Crippen LogP contribution in [-0.2, 0) is 28.6 Å². The second-order valence-electron chi connectivity index (χ2n) is 21.3. The molecule has 0 aliphatic carbocycles. The summed E-state index contributed by atoms with van der Waals surface area (Å²) in [7, 11) is 0. The van der Waals surface area contributed by atoms with Crippen molar-refractivity contribution >= 4 is 17.9 Å². The molecule has 1 atom stereocenters. The summed E-state index contributed by atoms with van der Waals surface area (Å²) < 4.78 is 16.9. The Morgan fingerprint density at radius 3 is 0.827 bits per heavy atom. The Kier molecular flexibility index (Phi) is 63.4. The van der Waals surface area contributed by atoms with Crippen LogP contribution in [0.25, 0.3) is 0 Å². The summed E-state index contributed by atoms with van der Waals surface area (Å²) in [5.41, 5.74) is 0. The Labute approximate surface area is 499 Å². The third-order valence-corrected chi connectivity index (χ3v) is 13.5. The molecule has 0 aliphatic rings. The van der Waals surface area contributed by atoms with E-state index in [1.807, 2.05) is 6.08 Å². The number of rotatable bonds is 58. The average molecular weight is 1120 g/mol. The number of hydrogen-bond acceptors (Lipinski definition) is 6. The number of ether oxygens (including phenoxy) is 3. The lowest BCUT2D eigenvalue weighted by Gasteiger charge is -2.18. The van der Waals surface area contributed by atoms with Crippen molar-refractivity contribution in [3.63, 3.8) is 0 Å². The molecule has 6 nitrogen and oxygen atoms in total. The van der Waals surface area contributed by atoms with E-state index in [-0.39, 0.29) is 37.5 Å². The zero-order valence-corrected chi connectivity index (χ0v) is 52.2. The summed E-state index contributed by atoms with van der Waals surface area (Å²) in [6, 6.07) is 0. The maximum absolute atomic E-state index is 12.9. The molecule has 0 N–H and O–H groups in total. The number of carbonyl (C=O) groups is 3. The molecule has 6 heteroatoms. The van der Waals surface area contributed by atoms with Crippen LogP contribution in [0.2, 0.25) is 0 Å². The number of unbranched alkanes of at least 4 members (excludes halogenated alkanes) is 21. The zero-order chi connectivity index (χ0) is 58.5. The average Bonchev–Trinajstić information content (AvgIpc) is 3.47. The van der Waals surface area contributed by atoms with Gasteiger partial charge in [0.25, 0.3) is 0 Å². The molecule has 0 aromatic heterocycles. The molecule has 0 saturated heterocycles. The third-order valence-electron chi connectivity index (χ3n) is 13.5. The third kappa shape index (κ3) is 65.7. The Morgan fingerprint density at radius 2 is 0.506 bits per heavy atom. The van der Waals surface area contributed by atoms with Crippen molar-refractivity contribution in [1.29, 1.82) is 0 Å². The molecule has 0 aromatic rings. The van der Waals surface area contributed by atoms with Crippen molar-refractivity contribution < 1.29 is 28.6 Å². The smallest absolute Gasteiger partial charge is 0.306 e. The molecular weight excluding hydrogens is 997 g/mol. The highest BCUT2D eigenvalue weighted by Crippen LogP contribution is 2.15. The van der Waals surface area contributed by atoms with Crippen molar-refractivity contribution in [2.24, 2.45) is 0 Å². The normalized spacial score (nSPS) is 13.2. The van der Waals surface area contributed by atoms with Gasteiger partial charge in [-0.25, -0.2) is 0 Å². The van der Waals surface area contributed by atoms with Gasteiger partial charge in [0.1, 0.15) is 13.2 Å². The quantitative estimate of drug-likeness (QED) is 0.0261. The molecule has 0 bridgehead atoms. The van der Waals surface area contributed by atoms with Gasteiger partial charge in [-0.2, -0.15) is 0 Å². The summed E-state index contributed by atoms with van der Waals surface area (Å²) in [5, 5.41) is 0. The van der Waals surface area contributed by atoms with Gasteiger partial charge in [0.15, 0.2) is 6.10 Å². The first-order chi connectivity index (χ1) is 40.0. The molecule has 0 spiro atoms. The summed E-state index contributed by atoms with van der Waals surface area (Å²) in [6.45, 7) is 6.33. The SMILES string of the molecule is CC/C=C\C/C=C\C/C=C\C/C=C\C/C=C\C/C=C\CCC(=O)OCC(COC(=O)CCCCCCCCC/C=C\C/C=C\C/C=C\C/C=C\C/C=C\CC)OC(=O)CCCCCCCCCCC/C=C\C/C=C\CCCCCCC. The fourth-order valence-electron chi connectivity index (χ4n) is 8.64. The molecule has 81 heavy (non-hydrogen) atoms. The topological polar surface area (TPSA) is 78.9 Å². The van der Waals surface area contributed by atoms with E-state index in [0.29, 0.717) is 19.3 Å². The van der Waals surface area contributed by atoms with Crippen LogP contribution in [-0.4, -0.2) is 37.2 Å². The molecule has 0 radical (unpaired) electrons. The van der Waals surface area contributed by atoms with Crippen LogP contribution in [0.4, 0.5) is 0 Å². The van der Waals surface area contributed by atoms with Gasteiger partial charge in [-0.15, -0.1) is 0 Å². The molecule has 0 aliphatic heterocycles. The van der Waals surface area contributed by atoms with E-state index in [4.69, 9.17) is 14.2 Å². The molecule has 0 aromatic carbocycles. The standard InChI is InChI=1S/C75H120O6/c1-4-7-10-13-16-19-22-25-28-31-34-36-37-39-41-44-47-50-53-56-59-62-65-68-74(77)80-71-72(70-79-73(76)67-64-61-58-55-52-49-46-43-40-33-30-27-24-21-18-15-12-9-6-3)81-75(78)69-66-63-60-57-54-51-48-45-42-38-35-32-29-26-23-20-17-14-11-8-5-2/h7,9-10,12,16,18-19,21,23,25-28,30,32,34-36,39-41,43,49,52,58,61,72H,4-6,8,11,13-15,17,20,22,24,29,31,33,37-38,42,44-48,50-51,53-57,59-60,62-71H2,1-3H3/b10-7-,12-9-,19-16-,21-18-,26-23-,28-25-,30-27-,35-32-,36-34-,41-39-,43-40-,52-49-,61-58-. The molecule has 0 rings (SSSR count). The van der Waals surface area contributed by atoms with Gasteiger partial charge in [-0.3, -0.25) is 14.4 Å². The predicted molar refractivity (Wildman–Crippen MR) is 352 cm³/mol. The van der Waals surface area contributed by atoms with E-state index in [1.165, 1.54) is 109 Å². The molecule has 0 heterocycles. The summed E-state index contributed by atoms with van der Waals surface area (Å²) in [6.07, 6.45) is 98.3. The lowest BCUT2D eigenvalue weighted by Crippen LogP contribution is -2.30. The predicted octanol–water partition coefficient (Wildman–Crippen LogP) is 22.9. The van der Waals surface area contributed by atoms with Crippen LogP contribution in [0, 0.1) is 0 Å². The van der Waals surface area contributed by atoms with E-state index in [9.17, 15) is 14.4 Å². The molecule has 0 amide bonds. The van der Waals surface area contributed by atoms with Crippen molar-refractivity contribution in [3.8, 4) is 0 Å². The Balaban J connectivity index is 4.53. The Morgan fingerprint density at radius 1 is 0.259 bits per heavy atom. The van der Waals surface area contributed by atoms with E-state index < -0.39 is 6.10 Å². The van der Waals surface area contributed by atoms with Crippen molar-refractivity contribution in [2.75, 3.05) is 13.2 Å². The van der Waals surface area contributed by atoms with Crippen LogP contribution in [0.3, 0.4) is 0 Å². The highest BCUT2D eigenvalue weighted by Gasteiger charge is 2.19. The number of allylic oxidation sites excluding steroid dienone is 26. The largest absolute Gasteiger partial charge is 0.462 e. The Bertz CT molecular complexity index is 1810. The van der Waals surface area contributed by atoms with Crippen molar-refractivity contribution in [1.82, 2.24) is 0 Å².